The first kappa shape index (κ1) is 19.2. The molecule has 0 radical (unpaired) electrons. The molecule has 134 valence electrons. The molecular weight excluding hydrogens is 340 g/mol. The molecule has 3 N–H and O–H groups in total. The number of aliphatic hydroxyl groups excluding tert-OH is 1. The molecule has 0 aliphatic carbocycles. The molecule has 0 heterocycles. The summed E-state index contributed by atoms with van der Waals surface area (Å²) in [7, 11) is 0. The van der Waals surface area contributed by atoms with Crippen LogP contribution in [0.25, 0.3) is 0 Å². The van der Waals surface area contributed by atoms with E-state index in [1.165, 1.54) is 0 Å². The molecule has 5 nitrogen and oxygen atoms in total. The molecule has 2 aromatic rings. The third kappa shape index (κ3) is 6.05. The molecule has 2 atom stereocenters. The fourth-order valence-corrected chi connectivity index (χ4v) is 2.29. The van der Waals surface area contributed by atoms with Crippen molar-refractivity contribution >= 4 is 23.2 Å². The molecule has 0 spiro atoms. The molecule has 0 aliphatic rings. The van der Waals surface area contributed by atoms with Crippen LogP contribution >= 0.6 is 11.6 Å². The van der Waals surface area contributed by atoms with Crippen molar-refractivity contribution in [1.82, 2.24) is 5.32 Å². The van der Waals surface area contributed by atoms with Gasteiger partial charge in [0.15, 0.2) is 6.23 Å². The largest absolute Gasteiger partial charge is 0.473 e. The SMILES string of the molecule is CC(C)NC(Oc1ccc(NC(=O)c2ccc(Cl)cc2)cc1)C(C)O. The Morgan fingerprint density at radius 1 is 1.04 bits per heavy atom. The van der Waals surface area contributed by atoms with Crippen LogP contribution in [-0.2, 0) is 0 Å². The van der Waals surface area contributed by atoms with Gasteiger partial charge in [-0.1, -0.05) is 11.6 Å². The fourth-order valence-electron chi connectivity index (χ4n) is 2.17. The lowest BCUT2D eigenvalue weighted by molar-refractivity contribution is 0.0218. The van der Waals surface area contributed by atoms with Crippen molar-refractivity contribution in [3.63, 3.8) is 0 Å². The zero-order valence-corrected chi connectivity index (χ0v) is 15.2. The Kier molecular flexibility index (Phi) is 6.82. The van der Waals surface area contributed by atoms with Gasteiger partial charge in [0.25, 0.3) is 5.91 Å². The highest BCUT2D eigenvalue weighted by molar-refractivity contribution is 6.30. The van der Waals surface area contributed by atoms with Gasteiger partial charge in [0.2, 0.25) is 0 Å². The molecule has 0 fully saturated rings. The van der Waals surface area contributed by atoms with Crippen LogP contribution < -0.4 is 15.4 Å². The summed E-state index contributed by atoms with van der Waals surface area (Å²) in [4.78, 5) is 12.2. The van der Waals surface area contributed by atoms with Crippen molar-refractivity contribution in [2.45, 2.75) is 39.1 Å². The second-order valence-corrected chi connectivity index (χ2v) is 6.52. The van der Waals surface area contributed by atoms with E-state index in [-0.39, 0.29) is 11.9 Å². The van der Waals surface area contributed by atoms with E-state index in [9.17, 15) is 9.90 Å². The Morgan fingerprint density at radius 2 is 1.64 bits per heavy atom. The van der Waals surface area contributed by atoms with Gasteiger partial charge in [0.05, 0.1) is 0 Å². The molecule has 0 saturated carbocycles. The first-order valence-electron chi connectivity index (χ1n) is 8.13. The van der Waals surface area contributed by atoms with Crippen LogP contribution in [0.5, 0.6) is 5.75 Å². The molecule has 2 aromatic carbocycles. The summed E-state index contributed by atoms with van der Waals surface area (Å²) in [5.74, 6) is 0.386. The number of carbonyl (C=O) groups excluding carboxylic acids is 1. The lowest BCUT2D eigenvalue weighted by Gasteiger charge is -2.25. The zero-order chi connectivity index (χ0) is 18.4. The lowest BCUT2D eigenvalue weighted by Crippen LogP contribution is -2.46. The third-order valence-corrected chi connectivity index (χ3v) is 3.67. The standard InChI is InChI=1S/C19H23ClN2O3/c1-12(2)21-19(13(3)23)25-17-10-8-16(9-11-17)22-18(24)14-4-6-15(20)7-5-14/h4-13,19,21,23H,1-3H3,(H,22,24). The number of amides is 1. The van der Waals surface area contributed by atoms with E-state index in [2.05, 4.69) is 10.6 Å². The van der Waals surface area contributed by atoms with Crippen LogP contribution in [0, 0.1) is 0 Å². The molecule has 0 aromatic heterocycles. The maximum absolute atomic E-state index is 12.2. The van der Waals surface area contributed by atoms with E-state index in [0.717, 1.165) is 0 Å². The van der Waals surface area contributed by atoms with Crippen LogP contribution in [0.2, 0.25) is 5.02 Å². The first-order valence-corrected chi connectivity index (χ1v) is 8.50. The van der Waals surface area contributed by atoms with Crippen LogP contribution in [0.4, 0.5) is 5.69 Å². The Bertz CT molecular complexity index is 685. The molecule has 0 aliphatic heterocycles. The highest BCUT2D eigenvalue weighted by atomic mass is 35.5. The highest BCUT2D eigenvalue weighted by Crippen LogP contribution is 2.18. The van der Waals surface area contributed by atoms with Crippen molar-refractivity contribution in [2.75, 3.05) is 5.32 Å². The minimum absolute atomic E-state index is 0.178. The second-order valence-electron chi connectivity index (χ2n) is 6.09. The van der Waals surface area contributed by atoms with Gasteiger partial charge >= 0.3 is 0 Å². The van der Waals surface area contributed by atoms with Gasteiger partial charge < -0.3 is 15.2 Å². The topological polar surface area (TPSA) is 70.6 Å². The van der Waals surface area contributed by atoms with Gasteiger partial charge in [-0.2, -0.15) is 0 Å². The number of halogens is 1. The minimum atomic E-state index is -0.660. The monoisotopic (exact) mass is 362 g/mol. The van der Waals surface area contributed by atoms with E-state index in [4.69, 9.17) is 16.3 Å². The number of ether oxygens (including phenoxy) is 1. The maximum atomic E-state index is 12.2. The van der Waals surface area contributed by atoms with Crippen molar-refractivity contribution in [3.8, 4) is 5.75 Å². The molecule has 2 unspecified atom stereocenters. The van der Waals surface area contributed by atoms with Crippen LogP contribution in [0.3, 0.4) is 0 Å². The average molecular weight is 363 g/mol. The number of aliphatic hydroxyl groups is 1. The van der Waals surface area contributed by atoms with Gasteiger partial charge in [-0.25, -0.2) is 0 Å². The molecular formula is C19H23ClN2O3. The van der Waals surface area contributed by atoms with Crippen LogP contribution in [-0.4, -0.2) is 29.4 Å². The van der Waals surface area contributed by atoms with Crippen molar-refractivity contribution in [3.05, 3.63) is 59.1 Å². The van der Waals surface area contributed by atoms with Crippen molar-refractivity contribution in [2.24, 2.45) is 0 Å². The van der Waals surface area contributed by atoms with Gasteiger partial charge in [0, 0.05) is 22.3 Å². The molecule has 2 rings (SSSR count). The third-order valence-electron chi connectivity index (χ3n) is 3.42. The Hall–Kier alpha value is -2.08. The number of benzene rings is 2. The Morgan fingerprint density at radius 3 is 2.16 bits per heavy atom. The molecule has 1 amide bonds. The summed E-state index contributed by atoms with van der Waals surface area (Å²) in [5, 5.41) is 16.3. The van der Waals surface area contributed by atoms with Gasteiger partial charge in [-0.15, -0.1) is 0 Å². The van der Waals surface area contributed by atoms with E-state index in [0.29, 0.717) is 22.0 Å². The summed E-state index contributed by atoms with van der Waals surface area (Å²) in [6, 6.07) is 13.8. The average Bonchev–Trinajstić information content (AvgIpc) is 2.56. The smallest absolute Gasteiger partial charge is 0.255 e. The van der Waals surface area contributed by atoms with E-state index in [1.807, 2.05) is 13.8 Å². The highest BCUT2D eigenvalue weighted by Gasteiger charge is 2.17. The zero-order valence-electron chi connectivity index (χ0n) is 14.5. The van der Waals surface area contributed by atoms with Crippen LogP contribution in [0.1, 0.15) is 31.1 Å². The summed E-state index contributed by atoms with van der Waals surface area (Å²) in [6.45, 7) is 5.63. The Balaban J connectivity index is 1.99. The second kappa shape index (κ2) is 8.85. The number of hydrogen-bond donors (Lipinski definition) is 3. The quantitative estimate of drug-likeness (QED) is 0.657. The Labute approximate surface area is 153 Å². The van der Waals surface area contributed by atoms with Gasteiger partial charge in [0.1, 0.15) is 11.9 Å². The van der Waals surface area contributed by atoms with E-state index < -0.39 is 12.3 Å². The summed E-state index contributed by atoms with van der Waals surface area (Å²) < 4.78 is 5.76. The molecule has 6 heteroatoms. The first-order chi connectivity index (χ1) is 11.8. The molecule has 0 bridgehead atoms. The van der Waals surface area contributed by atoms with Crippen molar-refractivity contribution < 1.29 is 14.6 Å². The number of nitrogens with one attached hydrogen (secondary N) is 2. The van der Waals surface area contributed by atoms with E-state index >= 15 is 0 Å². The summed E-state index contributed by atoms with van der Waals surface area (Å²) in [6.07, 6.45) is -1.17. The van der Waals surface area contributed by atoms with Crippen molar-refractivity contribution in [1.29, 1.82) is 0 Å². The number of rotatable bonds is 7. The predicted molar refractivity (Wildman–Crippen MR) is 100 cm³/mol. The maximum Gasteiger partial charge on any atom is 0.255 e. The lowest BCUT2D eigenvalue weighted by atomic mass is 10.2. The van der Waals surface area contributed by atoms with Crippen LogP contribution in [0.15, 0.2) is 48.5 Å². The van der Waals surface area contributed by atoms with E-state index in [1.54, 1.807) is 55.5 Å². The summed E-state index contributed by atoms with van der Waals surface area (Å²) >= 11 is 5.82. The van der Waals surface area contributed by atoms with Gasteiger partial charge in [-0.3, -0.25) is 10.1 Å². The predicted octanol–water partition coefficient (Wildman–Crippen LogP) is 3.68. The number of anilines is 1. The van der Waals surface area contributed by atoms with Gasteiger partial charge in [-0.05, 0) is 69.3 Å². The minimum Gasteiger partial charge on any atom is -0.473 e. The number of hydrogen-bond acceptors (Lipinski definition) is 4. The summed E-state index contributed by atoms with van der Waals surface area (Å²) in [5.41, 5.74) is 1.18. The normalized spacial score (nSPS) is 13.4. The number of carbonyl (C=O) groups is 1. The molecule has 0 saturated heterocycles. The fraction of sp³-hybridized carbons (Fsp3) is 0.316. The molecule has 25 heavy (non-hydrogen) atoms.